The molecule has 1 aliphatic carbocycles. The third-order valence-electron chi connectivity index (χ3n) is 6.96. The summed E-state index contributed by atoms with van der Waals surface area (Å²) in [5.41, 5.74) is 3.30. The van der Waals surface area contributed by atoms with E-state index in [0.717, 1.165) is 52.0 Å². The van der Waals surface area contributed by atoms with Gasteiger partial charge in [-0.15, -0.1) is 0 Å². The zero-order valence-electron chi connectivity index (χ0n) is 16.3. The van der Waals surface area contributed by atoms with E-state index in [9.17, 15) is 13.6 Å². The van der Waals surface area contributed by atoms with Crippen LogP contribution in [0.25, 0.3) is 0 Å². The third kappa shape index (κ3) is 3.54. The molecule has 1 saturated carbocycles. The SMILES string of the molecule is CN1CC(NC2NCCC(N3C[C@H]4CC[C@@H](C3)N4C(=O)C3CC3(F)F)N2)CN1. The van der Waals surface area contributed by atoms with E-state index in [-0.39, 0.29) is 36.9 Å². The van der Waals surface area contributed by atoms with Crippen LogP contribution in [0.2, 0.25) is 0 Å². The van der Waals surface area contributed by atoms with Gasteiger partial charge in [-0.2, -0.15) is 0 Å². The number of carbonyl (C=O) groups is 1. The van der Waals surface area contributed by atoms with Gasteiger partial charge in [0, 0.05) is 64.3 Å². The van der Waals surface area contributed by atoms with E-state index in [1.165, 1.54) is 0 Å². The molecule has 4 saturated heterocycles. The maximum atomic E-state index is 13.4. The number of nitrogens with zero attached hydrogens (tertiary/aromatic N) is 3. The minimum Gasteiger partial charge on any atom is -0.334 e. The van der Waals surface area contributed by atoms with Gasteiger partial charge in [-0.25, -0.2) is 13.8 Å². The van der Waals surface area contributed by atoms with Crippen molar-refractivity contribution in [3.63, 3.8) is 0 Å². The number of alkyl halides is 2. The van der Waals surface area contributed by atoms with E-state index in [1.54, 1.807) is 4.90 Å². The number of hydrogen-bond donors (Lipinski definition) is 4. The van der Waals surface area contributed by atoms with Crippen molar-refractivity contribution in [3.8, 4) is 0 Å². The number of rotatable bonds is 4. The number of hydrazine groups is 1. The fourth-order valence-corrected chi connectivity index (χ4v) is 5.38. The number of nitrogens with one attached hydrogen (secondary N) is 4. The topological polar surface area (TPSA) is 74.9 Å². The van der Waals surface area contributed by atoms with Crippen LogP contribution in [0, 0.1) is 5.92 Å². The molecule has 5 fully saturated rings. The smallest absolute Gasteiger partial charge is 0.260 e. The molecule has 0 radical (unpaired) electrons. The van der Waals surface area contributed by atoms with E-state index in [1.807, 2.05) is 7.05 Å². The summed E-state index contributed by atoms with van der Waals surface area (Å²) >= 11 is 0. The molecule has 10 heteroatoms. The Morgan fingerprint density at radius 1 is 1.14 bits per heavy atom. The van der Waals surface area contributed by atoms with Crippen LogP contribution >= 0.6 is 0 Å². The summed E-state index contributed by atoms with van der Waals surface area (Å²) in [5.74, 6) is -4.15. The highest BCUT2D eigenvalue weighted by molar-refractivity contribution is 5.84. The lowest BCUT2D eigenvalue weighted by Crippen LogP contribution is -2.69. The van der Waals surface area contributed by atoms with Crippen LogP contribution in [-0.4, -0.2) is 97.0 Å². The first-order valence-electron chi connectivity index (χ1n) is 10.5. The van der Waals surface area contributed by atoms with Crippen LogP contribution in [0.15, 0.2) is 0 Å². The molecular formula is C18H31F2N7O. The van der Waals surface area contributed by atoms with Crippen LogP contribution in [0.4, 0.5) is 8.78 Å². The van der Waals surface area contributed by atoms with Crippen LogP contribution in [0.1, 0.15) is 25.7 Å². The highest BCUT2D eigenvalue weighted by Crippen LogP contribution is 2.51. The normalized spacial score (nSPS) is 43.5. The first-order valence-corrected chi connectivity index (χ1v) is 10.5. The second kappa shape index (κ2) is 7.10. The predicted octanol–water partition coefficient (Wildman–Crippen LogP) is -1.08. The van der Waals surface area contributed by atoms with Gasteiger partial charge in [0.25, 0.3) is 5.92 Å². The summed E-state index contributed by atoms with van der Waals surface area (Å²) in [6.45, 7) is 4.35. The van der Waals surface area contributed by atoms with Crippen molar-refractivity contribution in [3.05, 3.63) is 0 Å². The van der Waals surface area contributed by atoms with Crippen molar-refractivity contribution in [1.29, 1.82) is 0 Å². The molecule has 5 aliphatic rings. The number of halogens is 2. The second-order valence-electron chi connectivity index (χ2n) is 9.07. The quantitative estimate of drug-likeness (QED) is 0.479. The summed E-state index contributed by atoms with van der Waals surface area (Å²) in [5, 5.41) is 12.9. The van der Waals surface area contributed by atoms with E-state index in [2.05, 4.69) is 31.3 Å². The molecule has 4 unspecified atom stereocenters. The number of carbonyl (C=O) groups excluding carboxylic acids is 1. The van der Waals surface area contributed by atoms with Crippen LogP contribution in [0.3, 0.4) is 0 Å². The molecule has 4 N–H and O–H groups in total. The lowest BCUT2D eigenvalue weighted by atomic mass is 10.1. The lowest BCUT2D eigenvalue weighted by molar-refractivity contribution is -0.141. The van der Waals surface area contributed by atoms with Gasteiger partial charge in [0.1, 0.15) is 12.2 Å². The molecule has 8 nitrogen and oxygen atoms in total. The number of likely N-dealkylation sites (tertiary alicyclic amines) is 1. The summed E-state index contributed by atoms with van der Waals surface area (Å²) in [6.07, 6.45) is 2.89. The zero-order chi connectivity index (χ0) is 19.5. The average Bonchev–Trinajstić information content (AvgIpc) is 2.96. The molecule has 1 amide bonds. The minimum absolute atomic E-state index is 0.0551. The first-order chi connectivity index (χ1) is 13.4. The summed E-state index contributed by atoms with van der Waals surface area (Å²) < 4.78 is 26.8. The van der Waals surface area contributed by atoms with Crippen molar-refractivity contribution >= 4 is 5.91 Å². The zero-order valence-corrected chi connectivity index (χ0v) is 16.3. The number of fused-ring (bicyclic) bond motifs is 2. The Kier molecular flexibility index (Phi) is 4.84. The van der Waals surface area contributed by atoms with Crippen LogP contribution in [0.5, 0.6) is 0 Å². The summed E-state index contributed by atoms with van der Waals surface area (Å²) in [4.78, 5) is 16.8. The van der Waals surface area contributed by atoms with E-state index in [0.29, 0.717) is 6.04 Å². The Balaban J connectivity index is 1.17. The van der Waals surface area contributed by atoms with Gasteiger partial charge in [0.2, 0.25) is 5.91 Å². The Hall–Kier alpha value is -0.910. The standard InChI is InChI=1S/C18H31F2N7O/c1-25-8-11(7-22-25)23-17-21-5-4-15(24-17)26-9-12-2-3-13(10-26)27(12)16(28)14-6-18(14,19)20/h11-15,17,21-24H,2-10H2,1H3/t11?,12-,13+,14?,15?,17?. The molecular weight excluding hydrogens is 368 g/mol. The first kappa shape index (κ1) is 19.1. The molecule has 4 aliphatic heterocycles. The molecule has 0 aromatic rings. The largest absolute Gasteiger partial charge is 0.334 e. The lowest BCUT2D eigenvalue weighted by Gasteiger charge is -2.47. The second-order valence-corrected chi connectivity index (χ2v) is 9.07. The maximum Gasteiger partial charge on any atom is 0.260 e. The summed E-state index contributed by atoms with van der Waals surface area (Å²) in [7, 11) is 2.04. The van der Waals surface area contributed by atoms with Crippen molar-refractivity contribution in [2.75, 3.05) is 39.8 Å². The Morgan fingerprint density at radius 2 is 1.86 bits per heavy atom. The van der Waals surface area contributed by atoms with Gasteiger partial charge in [-0.1, -0.05) is 0 Å². The monoisotopic (exact) mass is 399 g/mol. The molecule has 5 rings (SSSR count). The third-order valence-corrected chi connectivity index (χ3v) is 6.96. The number of amides is 1. The van der Waals surface area contributed by atoms with Gasteiger partial charge in [0.05, 0.1) is 6.17 Å². The molecule has 0 aromatic carbocycles. The van der Waals surface area contributed by atoms with Crippen LogP contribution in [-0.2, 0) is 4.79 Å². The van der Waals surface area contributed by atoms with Gasteiger partial charge in [0.15, 0.2) is 0 Å². The van der Waals surface area contributed by atoms with E-state index in [4.69, 9.17) is 0 Å². The van der Waals surface area contributed by atoms with Crippen molar-refractivity contribution in [2.45, 2.75) is 62.2 Å². The summed E-state index contributed by atoms with van der Waals surface area (Å²) in [6, 6.07) is 0.552. The maximum absolute atomic E-state index is 13.4. The van der Waals surface area contributed by atoms with Crippen molar-refractivity contribution in [1.82, 2.24) is 36.2 Å². The Bertz CT molecular complexity index is 609. The Morgan fingerprint density at radius 3 is 2.46 bits per heavy atom. The van der Waals surface area contributed by atoms with Crippen molar-refractivity contribution in [2.24, 2.45) is 5.92 Å². The number of hydrogen-bond acceptors (Lipinski definition) is 7. The van der Waals surface area contributed by atoms with E-state index >= 15 is 0 Å². The molecule has 4 heterocycles. The molecule has 0 aromatic heterocycles. The highest BCUT2D eigenvalue weighted by atomic mass is 19.3. The predicted molar refractivity (Wildman–Crippen MR) is 99.2 cm³/mol. The van der Waals surface area contributed by atoms with Gasteiger partial charge in [-0.3, -0.25) is 31.1 Å². The minimum atomic E-state index is -2.77. The molecule has 158 valence electrons. The fraction of sp³-hybridized carbons (Fsp3) is 0.944. The van der Waals surface area contributed by atoms with Crippen LogP contribution < -0.4 is 21.4 Å². The average molecular weight is 399 g/mol. The van der Waals surface area contributed by atoms with Gasteiger partial charge >= 0.3 is 0 Å². The fourth-order valence-electron chi connectivity index (χ4n) is 5.38. The van der Waals surface area contributed by atoms with Gasteiger partial charge in [-0.05, 0) is 19.3 Å². The molecule has 6 atom stereocenters. The highest BCUT2D eigenvalue weighted by Gasteiger charge is 2.64. The van der Waals surface area contributed by atoms with E-state index < -0.39 is 11.8 Å². The Labute approximate surface area is 164 Å². The molecule has 28 heavy (non-hydrogen) atoms. The molecule has 0 spiro atoms. The number of piperazine rings is 1. The van der Waals surface area contributed by atoms with Crippen molar-refractivity contribution < 1.29 is 13.6 Å². The molecule has 2 bridgehead atoms. The van der Waals surface area contributed by atoms with Gasteiger partial charge < -0.3 is 4.90 Å². The number of likely N-dealkylation sites (N-methyl/N-ethyl adjacent to an activating group) is 1.